The van der Waals surface area contributed by atoms with E-state index < -0.39 is 11.8 Å². The summed E-state index contributed by atoms with van der Waals surface area (Å²) in [5, 5.41) is 17.8. The molecule has 0 aliphatic rings. The second-order valence-electron chi connectivity index (χ2n) is 3.24. The molecule has 0 aromatic heterocycles. The zero-order chi connectivity index (χ0) is 12.1. The Balaban J connectivity index is 3.22. The molecule has 0 bridgehead atoms. The van der Waals surface area contributed by atoms with E-state index in [-0.39, 0.29) is 24.4 Å². The number of hydrogen-bond donors (Lipinski definition) is 2. The maximum Gasteiger partial charge on any atom is 0.337 e. The summed E-state index contributed by atoms with van der Waals surface area (Å²) >= 11 is 0. The first-order valence-electron chi connectivity index (χ1n) is 4.99. The van der Waals surface area contributed by atoms with Crippen LogP contribution in [0.25, 0.3) is 0 Å². The lowest BCUT2D eigenvalue weighted by Gasteiger charge is -2.24. The zero-order valence-electron chi connectivity index (χ0n) is 8.98. The third-order valence-corrected chi connectivity index (χ3v) is 2.29. The molecule has 0 aliphatic carbocycles. The number of halogens is 1. The molecule has 4 nitrogen and oxygen atoms in total. The van der Waals surface area contributed by atoms with Gasteiger partial charge < -0.3 is 15.1 Å². The van der Waals surface area contributed by atoms with Crippen LogP contribution in [-0.2, 0) is 0 Å². The van der Waals surface area contributed by atoms with Crippen LogP contribution in [0.2, 0.25) is 0 Å². The highest BCUT2D eigenvalue weighted by atomic mass is 19.1. The number of anilines is 1. The highest BCUT2D eigenvalue weighted by Crippen LogP contribution is 2.24. The largest absolute Gasteiger partial charge is 0.478 e. The van der Waals surface area contributed by atoms with Crippen LogP contribution in [-0.4, -0.2) is 35.9 Å². The van der Waals surface area contributed by atoms with E-state index in [1.165, 1.54) is 23.1 Å². The predicted molar refractivity (Wildman–Crippen MR) is 58.3 cm³/mol. The minimum atomic E-state index is -1.18. The van der Waals surface area contributed by atoms with Gasteiger partial charge in [-0.3, -0.25) is 0 Å². The van der Waals surface area contributed by atoms with Gasteiger partial charge in [0.1, 0.15) is 5.82 Å². The van der Waals surface area contributed by atoms with Crippen LogP contribution in [0.1, 0.15) is 17.3 Å². The molecule has 0 saturated heterocycles. The molecule has 1 rings (SSSR count). The Kier molecular flexibility index (Phi) is 4.25. The highest BCUT2D eigenvalue weighted by Gasteiger charge is 2.18. The molecule has 0 radical (unpaired) electrons. The van der Waals surface area contributed by atoms with Crippen molar-refractivity contribution in [1.82, 2.24) is 0 Å². The molecule has 1 aromatic rings. The third kappa shape index (κ3) is 2.49. The monoisotopic (exact) mass is 227 g/mol. The summed E-state index contributed by atoms with van der Waals surface area (Å²) in [5.41, 5.74) is -0.0538. The van der Waals surface area contributed by atoms with E-state index in [9.17, 15) is 9.18 Å². The maximum absolute atomic E-state index is 13.6. The second-order valence-corrected chi connectivity index (χ2v) is 3.24. The molecule has 0 amide bonds. The molecular weight excluding hydrogens is 213 g/mol. The lowest BCUT2D eigenvalue weighted by atomic mass is 10.1. The summed E-state index contributed by atoms with van der Waals surface area (Å²) < 4.78 is 13.6. The first-order valence-corrected chi connectivity index (χ1v) is 4.99. The second kappa shape index (κ2) is 5.46. The van der Waals surface area contributed by atoms with Crippen molar-refractivity contribution in [1.29, 1.82) is 0 Å². The number of likely N-dealkylation sites (N-methyl/N-ethyl adjacent to an activating group) is 1. The van der Waals surface area contributed by atoms with Gasteiger partial charge in [0.15, 0.2) is 0 Å². The van der Waals surface area contributed by atoms with Gasteiger partial charge in [-0.05, 0) is 19.1 Å². The number of nitrogens with zero attached hydrogens (tertiary/aromatic N) is 1. The Hall–Kier alpha value is -1.62. The van der Waals surface area contributed by atoms with E-state index in [1.54, 1.807) is 6.92 Å². The van der Waals surface area contributed by atoms with Crippen molar-refractivity contribution in [2.45, 2.75) is 6.92 Å². The molecule has 0 fully saturated rings. The summed E-state index contributed by atoms with van der Waals surface area (Å²) in [6.45, 7) is 2.26. The van der Waals surface area contributed by atoms with Crippen molar-refractivity contribution in [2.24, 2.45) is 0 Å². The molecule has 0 atom stereocenters. The number of rotatable bonds is 5. The van der Waals surface area contributed by atoms with Crippen molar-refractivity contribution in [2.75, 3.05) is 24.6 Å². The molecule has 88 valence electrons. The minimum absolute atomic E-state index is 0.0338. The van der Waals surface area contributed by atoms with Crippen LogP contribution in [0.4, 0.5) is 10.1 Å². The Bertz CT molecular complexity index is 381. The molecular formula is C11H14FNO3. The molecule has 0 spiro atoms. The van der Waals surface area contributed by atoms with Crippen LogP contribution in [0, 0.1) is 5.82 Å². The fraction of sp³-hybridized carbons (Fsp3) is 0.364. The number of carboxylic acid groups (broad SMARTS) is 1. The van der Waals surface area contributed by atoms with Crippen LogP contribution in [0.15, 0.2) is 18.2 Å². The molecule has 0 unspecified atom stereocenters. The molecule has 0 heterocycles. The van der Waals surface area contributed by atoms with Crippen molar-refractivity contribution in [3.8, 4) is 0 Å². The fourth-order valence-corrected chi connectivity index (χ4v) is 1.56. The normalized spacial score (nSPS) is 10.2. The average molecular weight is 227 g/mol. The standard InChI is InChI=1S/C11H14FNO3/c1-2-13(6-7-14)10-8(11(15)16)4-3-5-9(10)12/h3-5,14H,2,6-7H2,1H3,(H,15,16). The number of aliphatic hydroxyl groups excluding tert-OH is 1. The van der Waals surface area contributed by atoms with Crippen LogP contribution >= 0.6 is 0 Å². The van der Waals surface area contributed by atoms with Gasteiger partial charge in [-0.2, -0.15) is 0 Å². The zero-order valence-corrected chi connectivity index (χ0v) is 8.98. The van der Waals surface area contributed by atoms with E-state index >= 15 is 0 Å². The molecule has 0 aliphatic heterocycles. The smallest absolute Gasteiger partial charge is 0.337 e. The Morgan fingerprint density at radius 1 is 1.50 bits per heavy atom. The van der Waals surface area contributed by atoms with Crippen molar-refractivity contribution in [3.63, 3.8) is 0 Å². The van der Waals surface area contributed by atoms with Gasteiger partial charge in [-0.15, -0.1) is 0 Å². The number of benzene rings is 1. The van der Waals surface area contributed by atoms with E-state index in [0.29, 0.717) is 6.54 Å². The number of para-hydroxylation sites is 1. The quantitative estimate of drug-likeness (QED) is 0.797. The number of aromatic carboxylic acids is 1. The Morgan fingerprint density at radius 3 is 2.69 bits per heavy atom. The molecule has 5 heteroatoms. The van der Waals surface area contributed by atoms with Gasteiger partial charge in [0, 0.05) is 13.1 Å². The Morgan fingerprint density at radius 2 is 2.19 bits per heavy atom. The van der Waals surface area contributed by atoms with Gasteiger partial charge in [-0.25, -0.2) is 9.18 Å². The minimum Gasteiger partial charge on any atom is -0.478 e. The van der Waals surface area contributed by atoms with Crippen molar-refractivity contribution >= 4 is 11.7 Å². The van der Waals surface area contributed by atoms with Gasteiger partial charge >= 0.3 is 5.97 Å². The van der Waals surface area contributed by atoms with E-state index in [2.05, 4.69) is 0 Å². The van der Waals surface area contributed by atoms with Gasteiger partial charge in [0.25, 0.3) is 0 Å². The van der Waals surface area contributed by atoms with Crippen LogP contribution in [0.5, 0.6) is 0 Å². The summed E-state index contributed by atoms with van der Waals surface area (Å²) in [6, 6.07) is 3.91. The van der Waals surface area contributed by atoms with E-state index in [1.807, 2.05) is 0 Å². The fourth-order valence-electron chi connectivity index (χ4n) is 1.56. The Labute approximate surface area is 92.9 Å². The van der Waals surface area contributed by atoms with Crippen molar-refractivity contribution < 1.29 is 19.4 Å². The summed E-state index contributed by atoms with van der Waals surface area (Å²) in [5.74, 6) is -1.76. The lowest BCUT2D eigenvalue weighted by Crippen LogP contribution is -2.28. The topological polar surface area (TPSA) is 60.8 Å². The highest BCUT2D eigenvalue weighted by molar-refractivity contribution is 5.94. The van der Waals surface area contributed by atoms with E-state index in [4.69, 9.17) is 10.2 Å². The van der Waals surface area contributed by atoms with Gasteiger partial charge in [-0.1, -0.05) is 6.07 Å². The van der Waals surface area contributed by atoms with Crippen LogP contribution in [0.3, 0.4) is 0 Å². The van der Waals surface area contributed by atoms with Gasteiger partial charge in [0.05, 0.1) is 17.9 Å². The molecule has 16 heavy (non-hydrogen) atoms. The number of hydrogen-bond acceptors (Lipinski definition) is 3. The molecule has 0 saturated carbocycles. The number of carbonyl (C=O) groups is 1. The van der Waals surface area contributed by atoms with Crippen LogP contribution < -0.4 is 4.90 Å². The average Bonchev–Trinajstić information content (AvgIpc) is 2.26. The van der Waals surface area contributed by atoms with Crippen molar-refractivity contribution in [3.05, 3.63) is 29.6 Å². The number of aliphatic hydroxyl groups is 1. The van der Waals surface area contributed by atoms with Gasteiger partial charge in [0.2, 0.25) is 0 Å². The lowest BCUT2D eigenvalue weighted by molar-refractivity contribution is 0.0697. The summed E-state index contributed by atoms with van der Waals surface area (Å²) in [6.07, 6.45) is 0. The SMILES string of the molecule is CCN(CCO)c1c(F)cccc1C(=O)O. The summed E-state index contributed by atoms with van der Waals surface area (Å²) in [7, 11) is 0. The first-order chi connectivity index (χ1) is 7.61. The first kappa shape index (κ1) is 12.4. The molecule has 2 N–H and O–H groups in total. The van der Waals surface area contributed by atoms with E-state index in [0.717, 1.165) is 0 Å². The third-order valence-electron chi connectivity index (χ3n) is 2.29. The summed E-state index contributed by atoms with van der Waals surface area (Å²) in [4.78, 5) is 12.4. The number of carboxylic acids is 1. The molecule has 1 aromatic carbocycles. The predicted octanol–water partition coefficient (Wildman–Crippen LogP) is 1.34. The maximum atomic E-state index is 13.6.